The van der Waals surface area contributed by atoms with Crippen molar-refractivity contribution in [3.8, 4) is 0 Å². The van der Waals surface area contributed by atoms with Gasteiger partial charge in [-0.25, -0.2) is 4.98 Å². The first-order chi connectivity index (χ1) is 6.78. The van der Waals surface area contributed by atoms with E-state index in [1.54, 1.807) is 13.2 Å². The first kappa shape index (κ1) is 9.40. The van der Waals surface area contributed by atoms with Gasteiger partial charge in [-0.05, 0) is 18.9 Å². The van der Waals surface area contributed by atoms with Gasteiger partial charge < -0.3 is 10.1 Å². The van der Waals surface area contributed by atoms with Crippen LogP contribution in [-0.2, 0) is 4.74 Å². The molecule has 1 aliphatic carbocycles. The summed E-state index contributed by atoms with van der Waals surface area (Å²) in [6, 6.07) is 3.57. The van der Waals surface area contributed by atoms with Crippen molar-refractivity contribution in [1.29, 1.82) is 0 Å². The molecule has 1 saturated carbocycles. The molecular weight excluding hydrogens is 183 g/mol. The van der Waals surface area contributed by atoms with Crippen molar-refractivity contribution >= 4 is 5.69 Å². The van der Waals surface area contributed by atoms with Crippen molar-refractivity contribution in [1.82, 2.24) is 4.98 Å². The van der Waals surface area contributed by atoms with Gasteiger partial charge in [-0.2, -0.15) is 4.39 Å². The third-order valence-electron chi connectivity index (χ3n) is 2.53. The molecule has 0 aromatic carbocycles. The number of anilines is 1. The van der Waals surface area contributed by atoms with E-state index in [4.69, 9.17) is 4.74 Å². The summed E-state index contributed by atoms with van der Waals surface area (Å²) < 4.78 is 17.9. The maximum absolute atomic E-state index is 12.7. The molecule has 4 heteroatoms. The van der Waals surface area contributed by atoms with Gasteiger partial charge in [0, 0.05) is 31.1 Å². The Kier molecular flexibility index (Phi) is 2.63. The normalized spacial score (nSPS) is 25.6. The smallest absolute Gasteiger partial charge is 0.214 e. The van der Waals surface area contributed by atoms with Gasteiger partial charge in [0.1, 0.15) is 0 Å². The molecule has 2 rings (SSSR count). The summed E-state index contributed by atoms with van der Waals surface area (Å²) in [6.45, 7) is 0. The first-order valence-corrected chi connectivity index (χ1v) is 4.69. The summed E-state index contributed by atoms with van der Waals surface area (Å²) in [4.78, 5) is 3.49. The van der Waals surface area contributed by atoms with Crippen LogP contribution < -0.4 is 5.32 Å². The largest absolute Gasteiger partial charge is 0.382 e. The molecule has 3 nitrogen and oxygen atoms in total. The van der Waals surface area contributed by atoms with Gasteiger partial charge in [0.05, 0.1) is 6.10 Å². The topological polar surface area (TPSA) is 34.1 Å². The van der Waals surface area contributed by atoms with E-state index in [1.165, 1.54) is 12.3 Å². The fraction of sp³-hybridized carbons (Fsp3) is 0.500. The Balaban J connectivity index is 1.87. The Bertz CT molecular complexity index is 313. The number of hydrogen-bond acceptors (Lipinski definition) is 3. The third-order valence-corrected chi connectivity index (χ3v) is 2.53. The molecule has 1 aromatic rings. The molecule has 0 saturated heterocycles. The fourth-order valence-electron chi connectivity index (χ4n) is 1.60. The number of halogens is 1. The highest BCUT2D eigenvalue weighted by molar-refractivity contribution is 5.42. The molecule has 0 amide bonds. The van der Waals surface area contributed by atoms with Crippen LogP contribution in [0.3, 0.4) is 0 Å². The number of pyridine rings is 1. The lowest BCUT2D eigenvalue weighted by molar-refractivity contribution is 0.0328. The van der Waals surface area contributed by atoms with E-state index in [9.17, 15) is 4.39 Å². The number of rotatable bonds is 3. The van der Waals surface area contributed by atoms with Crippen molar-refractivity contribution in [2.24, 2.45) is 0 Å². The van der Waals surface area contributed by atoms with E-state index in [2.05, 4.69) is 10.3 Å². The highest BCUT2D eigenvalue weighted by Gasteiger charge is 2.28. The number of hydrogen-bond donors (Lipinski definition) is 1. The molecule has 0 aliphatic heterocycles. The van der Waals surface area contributed by atoms with Crippen molar-refractivity contribution in [3.05, 3.63) is 24.3 Å². The summed E-state index contributed by atoms with van der Waals surface area (Å²) in [7, 11) is 1.72. The SMILES string of the molecule is COC1CC(Nc2ccnc(F)c2)C1. The van der Waals surface area contributed by atoms with E-state index < -0.39 is 5.95 Å². The highest BCUT2D eigenvalue weighted by Crippen LogP contribution is 2.26. The van der Waals surface area contributed by atoms with Crippen LogP contribution in [0.15, 0.2) is 18.3 Å². The Hall–Kier alpha value is -1.16. The number of nitrogens with one attached hydrogen (secondary N) is 1. The van der Waals surface area contributed by atoms with Crippen molar-refractivity contribution in [2.45, 2.75) is 25.0 Å². The molecule has 0 unspecified atom stereocenters. The third kappa shape index (κ3) is 2.01. The molecule has 1 fully saturated rings. The van der Waals surface area contributed by atoms with Gasteiger partial charge in [0.25, 0.3) is 0 Å². The lowest BCUT2D eigenvalue weighted by Gasteiger charge is -2.35. The first-order valence-electron chi connectivity index (χ1n) is 4.69. The minimum Gasteiger partial charge on any atom is -0.382 e. The van der Waals surface area contributed by atoms with E-state index in [0.29, 0.717) is 12.1 Å². The van der Waals surface area contributed by atoms with Crippen LogP contribution in [0, 0.1) is 5.95 Å². The summed E-state index contributed by atoms with van der Waals surface area (Å²) >= 11 is 0. The zero-order chi connectivity index (χ0) is 9.97. The fourth-order valence-corrected chi connectivity index (χ4v) is 1.60. The van der Waals surface area contributed by atoms with E-state index in [0.717, 1.165) is 18.5 Å². The quantitative estimate of drug-likeness (QED) is 0.748. The predicted molar refractivity (Wildman–Crippen MR) is 51.6 cm³/mol. The lowest BCUT2D eigenvalue weighted by atomic mass is 9.89. The van der Waals surface area contributed by atoms with E-state index in [1.807, 2.05) is 0 Å². The van der Waals surface area contributed by atoms with Gasteiger partial charge in [-0.15, -0.1) is 0 Å². The summed E-state index contributed by atoms with van der Waals surface area (Å²) in [5.41, 5.74) is 0.789. The lowest BCUT2D eigenvalue weighted by Crippen LogP contribution is -2.40. The average Bonchev–Trinajstić information content (AvgIpc) is 2.10. The number of nitrogens with zero attached hydrogens (tertiary/aromatic N) is 1. The summed E-state index contributed by atoms with van der Waals surface area (Å²) in [5.74, 6) is -0.447. The summed E-state index contributed by atoms with van der Waals surface area (Å²) in [6.07, 6.45) is 3.80. The molecule has 1 N–H and O–H groups in total. The van der Waals surface area contributed by atoms with Gasteiger partial charge in [0.2, 0.25) is 5.95 Å². The van der Waals surface area contributed by atoms with Crippen LogP contribution >= 0.6 is 0 Å². The maximum Gasteiger partial charge on any atom is 0.214 e. The van der Waals surface area contributed by atoms with Gasteiger partial charge in [-0.1, -0.05) is 0 Å². The monoisotopic (exact) mass is 196 g/mol. The van der Waals surface area contributed by atoms with Crippen LogP contribution in [0.2, 0.25) is 0 Å². The maximum atomic E-state index is 12.7. The molecular formula is C10H13FN2O. The molecule has 0 atom stereocenters. The number of aromatic nitrogens is 1. The molecule has 1 aliphatic rings. The molecule has 1 heterocycles. The molecule has 76 valence electrons. The average molecular weight is 196 g/mol. The van der Waals surface area contributed by atoms with Gasteiger partial charge in [-0.3, -0.25) is 0 Å². The van der Waals surface area contributed by atoms with Crippen LogP contribution in [0.5, 0.6) is 0 Å². The van der Waals surface area contributed by atoms with Crippen molar-refractivity contribution < 1.29 is 9.13 Å². The second kappa shape index (κ2) is 3.92. The van der Waals surface area contributed by atoms with Crippen molar-refractivity contribution in [3.63, 3.8) is 0 Å². The second-order valence-electron chi connectivity index (χ2n) is 3.54. The van der Waals surface area contributed by atoms with Crippen LogP contribution in [0.1, 0.15) is 12.8 Å². The number of methoxy groups -OCH3 is 1. The van der Waals surface area contributed by atoms with E-state index >= 15 is 0 Å². The standard InChI is InChI=1S/C10H13FN2O/c1-14-9-4-8(5-9)13-7-2-3-12-10(11)6-7/h2-3,6,8-9H,4-5H2,1H3,(H,12,13). The van der Waals surface area contributed by atoms with Crippen LogP contribution in [0.25, 0.3) is 0 Å². The Labute approximate surface area is 82.3 Å². The highest BCUT2D eigenvalue weighted by atomic mass is 19.1. The molecule has 0 spiro atoms. The number of ether oxygens (including phenoxy) is 1. The minimum atomic E-state index is -0.447. The molecule has 14 heavy (non-hydrogen) atoms. The molecule has 0 bridgehead atoms. The Morgan fingerprint density at radius 2 is 2.36 bits per heavy atom. The predicted octanol–water partition coefficient (Wildman–Crippen LogP) is 1.81. The second-order valence-corrected chi connectivity index (χ2v) is 3.54. The van der Waals surface area contributed by atoms with Crippen LogP contribution in [-0.4, -0.2) is 24.2 Å². The molecule has 0 radical (unpaired) electrons. The van der Waals surface area contributed by atoms with Gasteiger partial charge >= 0.3 is 0 Å². The van der Waals surface area contributed by atoms with Gasteiger partial charge in [0.15, 0.2) is 0 Å². The van der Waals surface area contributed by atoms with Crippen LogP contribution in [0.4, 0.5) is 10.1 Å². The van der Waals surface area contributed by atoms with Crippen molar-refractivity contribution in [2.75, 3.05) is 12.4 Å². The zero-order valence-electron chi connectivity index (χ0n) is 8.03. The minimum absolute atomic E-state index is 0.360. The van der Waals surface area contributed by atoms with E-state index in [-0.39, 0.29) is 0 Å². The summed E-state index contributed by atoms with van der Waals surface area (Å²) in [5, 5.41) is 3.22. The zero-order valence-corrected chi connectivity index (χ0v) is 8.03. The molecule has 1 aromatic heterocycles. The Morgan fingerprint density at radius 1 is 1.57 bits per heavy atom. The Morgan fingerprint density at radius 3 is 3.00 bits per heavy atom.